The summed E-state index contributed by atoms with van der Waals surface area (Å²) in [6.07, 6.45) is 4.59. The minimum absolute atomic E-state index is 0.323. The van der Waals surface area contributed by atoms with Crippen LogP contribution >= 0.6 is 0 Å². The van der Waals surface area contributed by atoms with Gasteiger partial charge in [-0.15, -0.1) is 0 Å². The number of nitrogens with one attached hydrogen (secondary N) is 1. The van der Waals surface area contributed by atoms with E-state index in [9.17, 15) is 9.59 Å². The summed E-state index contributed by atoms with van der Waals surface area (Å²) in [7, 11) is 0. The molecule has 0 radical (unpaired) electrons. The SMILES string of the molecule is O=C(O)C(=O)Oc1c(CN2CCC(CCc3ccccc3)CC2)[nH]c2ccccc12. The van der Waals surface area contributed by atoms with E-state index < -0.39 is 11.9 Å². The zero-order valence-corrected chi connectivity index (χ0v) is 16.8. The number of fused-ring (bicyclic) bond motifs is 1. The highest BCUT2D eigenvalue weighted by Gasteiger charge is 2.24. The average Bonchev–Trinajstić information content (AvgIpc) is 3.11. The highest BCUT2D eigenvalue weighted by atomic mass is 16.6. The molecule has 3 aromatic rings. The number of aromatic amines is 1. The van der Waals surface area contributed by atoms with Crippen LogP contribution in [0.4, 0.5) is 0 Å². The number of carbonyl (C=O) groups excluding carboxylic acids is 1. The van der Waals surface area contributed by atoms with Crippen LogP contribution in [0.3, 0.4) is 0 Å². The Bertz CT molecular complexity index is 1020. The largest absolute Gasteiger partial charge is 0.473 e. The average molecular weight is 406 g/mol. The van der Waals surface area contributed by atoms with Crippen molar-refractivity contribution in [2.45, 2.75) is 32.2 Å². The van der Waals surface area contributed by atoms with Crippen LogP contribution in [0, 0.1) is 5.92 Å². The fourth-order valence-corrected chi connectivity index (χ4v) is 4.21. The van der Waals surface area contributed by atoms with Gasteiger partial charge in [-0.1, -0.05) is 42.5 Å². The van der Waals surface area contributed by atoms with E-state index >= 15 is 0 Å². The standard InChI is InChI=1S/C24H26N2O4/c27-23(28)24(29)30-22-19-8-4-5-9-20(19)25-21(22)16-26-14-12-18(13-15-26)11-10-17-6-2-1-3-7-17/h1-9,18,25H,10-16H2,(H,27,28). The third-order valence-corrected chi connectivity index (χ3v) is 5.87. The summed E-state index contributed by atoms with van der Waals surface area (Å²) in [5.74, 6) is -1.82. The van der Waals surface area contributed by atoms with Gasteiger partial charge in [0.1, 0.15) is 0 Å². The first-order valence-corrected chi connectivity index (χ1v) is 10.4. The summed E-state index contributed by atoms with van der Waals surface area (Å²) in [4.78, 5) is 28.3. The lowest BCUT2D eigenvalue weighted by molar-refractivity contribution is -0.158. The van der Waals surface area contributed by atoms with E-state index in [1.807, 2.05) is 30.3 Å². The lowest BCUT2D eigenvalue weighted by Crippen LogP contribution is -2.33. The molecule has 1 aromatic heterocycles. The number of ether oxygens (including phenoxy) is 1. The van der Waals surface area contributed by atoms with E-state index in [0.29, 0.717) is 18.2 Å². The van der Waals surface area contributed by atoms with Crippen molar-refractivity contribution in [2.75, 3.05) is 13.1 Å². The molecule has 0 atom stereocenters. The number of nitrogens with zero attached hydrogens (tertiary/aromatic N) is 1. The number of hydrogen-bond acceptors (Lipinski definition) is 4. The quantitative estimate of drug-likeness (QED) is 0.478. The number of carboxylic acid groups (broad SMARTS) is 1. The second kappa shape index (κ2) is 9.13. The molecule has 1 saturated heterocycles. The van der Waals surface area contributed by atoms with Crippen molar-refractivity contribution in [1.29, 1.82) is 0 Å². The smallest absolute Gasteiger partial charge is 0.422 e. The molecular formula is C24H26N2O4. The number of rotatable bonds is 6. The summed E-state index contributed by atoms with van der Waals surface area (Å²) in [5.41, 5.74) is 2.97. The molecule has 6 heteroatoms. The van der Waals surface area contributed by atoms with Crippen LogP contribution in [0.1, 0.15) is 30.5 Å². The van der Waals surface area contributed by atoms with Gasteiger partial charge in [0.2, 0.25) is 0 Å². The molecule has 0 aliphatic carbocycles. The summed E-state index contributed by atoms with van der Waals surface area (Å²) in [6.45, 7) is 2.55. The highest BCUT2D eigenvalue weighted by Crippen LogP contribution is 2.32. The molecule has 2 heterocycles. The summed E-state index contributed by atoms with van der Waals surface area (Å²) in [6, 6.07) is 18.1. The molecule has 6 nitrogen and oxygen atoms in total. The summed E-state index contributed by atoms with van der Waals surface area (Å²) < 4.78 is 5.21. The number of carboxylic acids is 1. The van der Waals surface area contributed by atoms with Crippen molar-refractivity contribution in [3.63, 3.8) is 0 Å². The fourth-order valence-electron chi connectivity index (χ4n) is 4.21. The van der Waals surface area contributed by atoms with E-state index in [1.165, 1.54) is 12.0 Å². The number of aromatic nitrogens is 1. The number of para-hydroxylation sites is 1. The first kappa shape index (κ1) is 20.2. The first-order valence-electron chi connectivity index (χ1n) is 10.4. The van der Waals surface area contributed by atoms with Crippen LogP contribution in [0.25, 0.3) is 10.9 Å². The Labute approximate surface area is 175 Å². The van der Waals surface area contributed by atoms with E-state index in [0.717, 1.165) is 48.9 Å². The Hall–Kier alpha value is -3.12. The van der Waals surface area contributed by atoms with Crippen molar-refractivity contribution in [2.24, 2.45) is 5.92 Å². The zero-order valence-electron chi connectivity index (χ0n) is 16.8. The van der Waals surface area contributed by atoms with E-state index in [4.69, 9.17) is 9.84 Å². The lowest BCUT2D eigenvalue weighted by atomic mass is 9.90. The molecule has 2 aromatic carbocycles. The van der Waals surface area contributed by atoms with Crippen LogP contribution in [0.15, 0.2) is 54.6 Å². The second-order valence-electron chi connectivity index (χ2n) is 7.92. The summed E-state index contributed by atoms with van der Waals surface area (Å²) >= 11 is 0. The van der Waals surface area contributed by atoms with Gasteiger partial charge in [0.15, 0.2) is 5.75 Å². The molecule has 156 valence electrons. The zero-order chi connectivity index (χ0) is 20.9. The van der Waals surface area contributed by atoms with Crippen molar-refractivity contribution in [3.05, 3.63) is 65.9 Å². The van der Waals surface area contributed by atoms with Crippen LogP contribution in [-0.4, -0.2) is 40.0 Å². The molecule has 0 bridgehead atoms. The predicted octanol–water partition coefficient (Wildman–Crippen LogP) is 4.00. The van der Waals surface area contributed by atoms with Gasteiger partial charge >= 0.3 is 11.9 Å². The molecule has 0 amide bonds. The topological polar surface area (TPSA) is 82.6 Å². The van der Waals surface area contributed by atoms with Gasteiger partial charge in [0.25, 0.3) is 0 Å². The maximum Gasteiger partial charge on any atom is 0.422 e. The molecule has 2 N–H and O–H groups in total. The Morgan fingerprint density at radius 3 is 2.47 bits per heavy atom. The van der Waals surface area contributed by atoms with Crippen molar-refractivity contribution in [1.82, 2.24) is 9.88 Å². The number of likely N-dealkylation sites (tertiary alicyclic amines) is 1. The lowest BCUT2D eigenvalue weighted by Gasteiger charge is -2.31. The normalized spacial score (nSPS) is 15.3. The number of H-pyrrole nitrogens is 1. The maximum atomic E-state index is 11.7. The summed E-state index contributed by atoms with van der Waals surface area (Å²) in [5, 5.41) is 9.65. The number of carbonyl (C=O) groups is 2. The number of hydrogen-bond donors (Lipinski definition) is 2. The van der Waals surface area contributed by atoms with E-state index in [1.54, 1.807) is 0 Å². The first-order chi connectivity index (χ1) is 14.6. The Morgan fingerprint density at radius 1 is 1.03 bits per heavy atom. The molecule has 0 spiro atoms. The third kappa shape index (κ3) is 4.71. The van der Waals surface area contributed by atoms with Crippen molar-refractivity contribution < 1.29 is 19.4 Å². The number of benzene rings is 2. The van der Waals surface area contributed by atoms with Crippen LogP contribution in [0.5, 0.6) is 5.75 Å². The molecule has 0 saturated carbocycles. The van der Waals surface area contributed by atoms with Gasteiger partial charge in [-0.05, 0) is 62.4 Å². The van der Waals surface area contributed by atoms with E-state index in [2.05, 4.69) is 34.1 Å². The maximum absolute atomic E-state index is 11.7. The Kier molecular flexibility index (Phi) is 6.14. The Morgan fingerprint density at radius 2 is 1.73 bits per heavy atom. The van der Waals surface area contributed by atoms with Crippen LogP contribution < -0.4 is 4.74 Å². The molecule has 4 rings (SSSR count). The van der Waals surface area contributed by atoms with Crippen molar-refractivity contribution in [3.8, 4) is 5.75 Å². The highest BCUT2D eigenvalue weighted by molar-refractivity contribution is 6.29. The van der Waals surface area contributed by atoms with Gasteiger partial charge in [-0.2, -0.15) is 0 Å². The monoisotopic (exact) mass is 406 g/mol. The third-order valence-electron chi connectivity index (χ3n) is 5.87. The molecular weight excluding hydrogens is 380 g/mol. The molecule has 1 aliphatic rings. The molecule has 30 heavy (non-hydrogen) atoms. The van der Waals surface area contributed by atoms with Gasteiger partial charge in [-0.25, -0.2) is 9.59 Å². The van der Waals surface area contributed by atoms with Crippen LogP contribution in [-0.2, 0) is 22.6 Å². The van der Waals surface area contributed by atoms with Gasteiger partial charge in [0, 0.05) is 17.4 Å². The van der Waals surface area contributed by atoms with Gasteiger partial charge < -0.3 is 14.8 Å². The van der Waals surface area contributed by atoms with Crippen LogP contribution in [0.2, 0.25) is 0 Å². The van der Waals surface area contributed by atoms with Gasteiger partial charge in [0.05, 0.1) is 5.69 Å². The molecule has 1 fully saturated rings. The fraction of sp³-hybridized carbons (Fsp3) is 0.333. The van der Waals surface area contributed by atoms with Gasteiger partial charge in [-0.3, -0.25) is 4.90 Å². The molecule has 1 aliphatic heterocycles. The number of aliphatic carboxylic acids is 1. The Balaban J connectivity index is 1.39. The van der Waals surface area contributed by atoms with E-state index in [-0.39, 0.29) is 0 Å². The minimum Gasteiger partial charge on any atom is -0.473 e. The number of piperidine rings is 1. The van der Waals surface area contributed by atoms with Crippen molar-refractivity contribution >= 4 is 22.8 Å². The predicted molar refractivity (Wildman–Crippen MR) is 114 cm³/mol. The number of aryl methyl sites for hydroxylation is 1. The number of esters is 1. The second-order valence-corrected chi connectivity index (χ2v) is 7.92. The minimum atomic E-state index is -1.59. The molecule has 0 unspecified atom stereocenters.